The van der Waals surface area contributed by atoms with Gasteiger partial charge in [0.2, 0.25) is 0 Å². The molecule has 4 nitrogen and oxygen atoms in total. The van der Waals surface area contributed by atoms with Gasteiger partial charge in [-0.15, -0.1) is 0 Å². The number of hydrogen-bond acceptors (Lipinski definition) is 4. The molecular formula is C11H13F3O4. The molecule has 0 amide bonds. The van der Waals surface area contributed by atoms with Crippen molar-refractivity contribution in [3.63, 3.8) is 0 Å². The van der Waals surface area contributed by atoms with E-state index in [0.717, 1.165) is 6.07 Å². The van der Waals surface area contributed by atoms with Crippen molar-refractivity contribution in [3.05, 3.63) is 29.3 Å². The van der Waals surface area contributed by atoms with Crippen LogP contribution in [0.3, 0.4) is 0 Å². The fourth-order valence-corrected chi connectivity index (χ4v) is 1.47. The molecule has 0 saturated heterocycles. The van der Waals surface area contributed by atoms with Gasteiger partial charge in [0, 0.05) is 12.2 Å². The summed E-state index contributed by atoms with van der Waals surface area (Å²) in [6.45, 7) is -0.433. The van der Waals surface area contributed by atoms with E-state index in [2.05, 4.69) is 0 Å². The smallest absolute Gasteiger partial charge is 0.416 e. The number of hydrogen-bond donors (Lipinski definition) is 4. The Labute approximate surface area is 101 Å². The van der Waals surface area contributed by atoms with Crippen LogP contribution in [-0.2, 0) is 6.18 Å². The van der Waals surface area contributed by atoms with Crippen LogP contribution in [0.2, 0.25) is 0 Å². The van der Waals surface area contributed by atoms with Crippen LogP contribution in [0.1, 0.15) is 23.7 Å². The van der Waals surface area contributed by atoms with E-state index < -0.39 is 41.9 Å². The molecule has 7 heteroatoms. The van der Waals surface area contributed by atoms with Gasteiger partial charge in [0.25, 0.3) is 0 Å². The molecule has 0 aliphatic rings. The Morgan fingerprint density at radius 1 is 1.17 bits per heavy atom. The van der Waals surface area contributed by atoms with Gasteiger partial charge in [-0.05, 0) is 24.6 Å². The molecule has 0 aliphatic carbocycles. The predicted octanol–water partition coefficient (Wildman–Crippen LogP) is 1.19. The number of halogens is 3. The van der Waals surface area contributed by atoms with Gasteiger partial charge in [-0.1, -0.05) is 0 Å². The number of aliphatic hydroxyl groups is 3. The largest absolute Gasteiger partial charge is 0.508 e. The van der Waals surface area contributed by atoms with E-state index in [-0.39, 0.29) is 6.42 Å². The van der Waals surface area contributed by atoms with Crippen molar-refractivity contribution in [3.8, 4) is 5.75 Å². The van der Waals surface area contributed by atoms with Gasteiger partial charge in [-0.25, -0.2) is 0 Å². The van der Waals surface area contributed by atoms with Crippen molar-refractivity contribution in [2.45, 2.75) is 24.8 Å². The summed E-state index contributed by atoms with van der Waals surface area (Å²) >= 11 is 0. The molecule has 2 unspecified atom stereocenters. The second kappa shape index (κ2) is 5.55. The number of phenols is 1. The predicted molar refractivity (Wildman–Crippen MR) is 55.8 cm³/mol. The maximum Gasteiger partial charge on any atom is 0.416 e. The SMILES string of the molecule is OCCC(O)C(O)c1cc(C(F)(F)F)ccc1O. The van der Waals surface area contributed by atoms with Gasteiger partial charge in [-0.3, -0.25) is 0 Å². The highest BCUT2D eigenvalue weighted by Gasteiger charge is 2.32. The fourth-order valence-electron chi connectivity index (χ4n) is 1.47. The second-order valence-electron chi connectivity index (χ2n) is 3.80. The van der Waals surface area contributed by atoms with Gasteiger partial charge in [0.15, 0.2) is 0 Å². The first-order valence-electron chi connectivity index (χ1n) is 5.14. The van der Waals surface area contributed by atoms with E-state index in [4.69, 9.17) is 5.11 Å². The Kier molecular flexibility index (Phi) is 4.55. The Balaban J connectivity index is 3.08. The molecule has 18 heavy (non-hydrogen) atoms. The minimum Gasteiger partial charge on any atom is -0.508 e. The zero-order valence-electron chi connectivity index (χ0n) is 9.22. The molecule has 1 rings (SSSR count). The van der Waals surface area contributed by atoms with Crippen LogP contribution >= 0.6 is 0 Å². The lowest BCUT2D eigenvalue weighted by Crippen LogP contribution is -2.20. The van der Waals surface area contributed by atoms with Crippen molar-refractivity contribution in [1.82, 2.24) is 0 Å². The van der Waals surface area contributed by atoms with E-state index in [1.807, 2.05) is 0 Å². The first-order chi connectivity index (χ1) is 8.27. The van der Waals surface area contributed by atoms with Crippen LogP contribution in [0.15, 0.2) is 18.2 Å². The summed E-state index contributed by atoms with van der Waals surface area (Å²) in [5.41, 5.74) is -1.46. The van der Waals surface area contributed by atoms with E-state index in [9.17, 15) is 28.5 Å². The molecule has 1 aromatic rings. The zero-order chi connectivity index (χ0) is 13.9. The van der Waals surface area contributed by atoms with Gasteiger partial charge >= 0.3 is 6.18 Å². The third-order valence-electron chi connectivity index (χ3n) is 2.46. The van der Waals surface area contributed by atoms with Gasteiger partial charge in [-0.2, -0.15) is 13.2 Å². The van der Waals surface area contributed by atoms with Crippen molar-refractivity contribution in [1.29, 1.82) is 0 Å². The second-order valence-corrected chi connectivity index (χ2v) is 3.80. The lowest BCUT2D eigenvalue weighted by molar-refractivity contribution is -0.137. The van der Waals surface area contributed by atoms with Crippen molar-refractivity contribution in [2.24, 2.45) is 0 Å². The van der Waals surface area contributed by atoms with Crippen molar-refractivity contribution < 1.29 is 33.6 Å². The summed E-state index contributed by atoms with van der Waals surface area (Å²) in [5, 5.41) is 36.9. The van der Waals surface area contributed by atoms with E-state index in [1.54, 1.807) is 0 Å². The highest BCUT2D eigenvalue weighted by atomic mass is 19.4. The Morgan fingerprint density at radius 2 is 1.78 bits per heavy atom. The van der Waals surface area contributed by atoms with Crippen LogP contribution in [0.5, 0.6) is 5.75 Å². The number of aliphatic hydroxyl groups excluding tert-OH is 3. The van der Waals surface area contributed by atoms with E-state index in [1.165, 1.54) is 0 Å². The highest BCUT2D eigenvalue weighted by molar-refractivity contribution is 5.39. The summed E-state index contributed by atoms with van der Waals surface area (Å²) in [4.78, 5) is 0. The normalized spacial score (nSPS) is 15.4. The molecule has 4 N–H and O–H groups in total. The minimum atomic E-state index is -4.61. The summed E-state index contributed by atoms with van der Waals surface area (Å²) in [5.74, 6) is -0.549. The van der Waals surface area contributed by atoms with Crippen molar-refractivity contribution >= 4 is 0 Å². The maximum atomic E-state index is 12.4. The molecule has 1 aromatic carbocycles. The van der Waals surface area contributed by atoms with Crippen LogP contribution in [0, 0.1) is 0 Å². The average Bonchev–Trinajstić information content (AvgIpc) is 2.27. The first-order valence-corrected chi connectivity index (χ1v) is 5.14. The summed E-state index contributed by atoms with van der Waals surface area (Å²) in [7, 11) is 0. The van der Waals surface area contributed by atoms with Crippen LogP contribution < -0.4 is 0 Å². The minimum absolute atomic E-state index is 0.211. The number of aromatic hydroxyl groups is 1. The molecule has 0 spiro atoms. The lowest BCUT2D eigenvalue weighted by atomic mass is 9.99. The molecule has 0 aromatic heterocycles. The van der Waals surface area contributed by atoms with Crippen LogP contribution in [0.4, 0.5) is 13.2 Å². The molecule has 0 heterocycles. The Hall–Kier alpha value is -1.31. The number of benzene rings is 1. The lowest BCUT2D eigenvalue weighted by Gasteiger charge is -2.19. The summed E-state index contributed by atoms with van der Waals surface area (Å²) in [6.07, 6.45) is -7.97. The van der Waals surface area contributed by atoms with Gasteiger partial charge in [0.05, 0.1) is 11.7 Å². The van der Waals surface area contributed by atoms with Gasteiger partial charge in [0.1, 0.15) is 11.9 Å². The highest BCUT2D eigenvalue weighted by Crippen LogP contribution is 2.35. The average molecular weight is 266 g/mol. The first kappa shape index (κ1) is 14.7. The third-order valence-corrected chi connectivity index (χ3v) is 2.46. The number of phenolic OH excluding ortho intramolecular Hbond substituents is 1. The molecular weight excluding hydrogens is 253 g/mol. The van der Waals surface area contributed by atoms with Crippen molar-refractivity contribution in [2.75, 3.05) is 6.61 Å². The summed E-state index contributed by atoms with van der Waals surface area (Å²) < 4.78 is 37.3. The fraction of sp³-hybridized carbons (Fsp3) is 0.455. The molecule has 0 bridgehead atoms. The topological polar surface area (TPSA) is 80.9 Å². The monoisotopic (exact) mass is 266 g/mol. The molecule has 102 valence electrons. The third kappa shape index (κ3) is 3.34. The van der Waals surface area contributed by atoms with E-state index >= 15 is 0 Å². The maximum absolute atomic E-state index is 12.4. The molecule has 2 atom stereocenters. The zero-order valence-corrected chi connectivity index (χ0v) is 9.22. The molecule has 0 aliphatic heterocycles. The quantitative estimate of drug-likeness (QED) is 0.660. The molecule has 0 saturated carbocycles. The number of rotatable bonds is 4. The Bertz CT molecular complexity index is 406. The van der Waals surface area contributed by atoms with Crippen LogP contribution in [0.25, 0.3) is 0 Å². The van der Waals surface area contributed by atoms with Crippen LogP contribution in [-0.4, -0.2) is 33.1 Å². The molecule has 0 fully saturated rings. The number of alkyl halides is 3. The standard InChI is InChI=1S/C11H13F3O4/c12-11(13,14)6-1-2-8(16)7(5-6)10(18)9(17)3-4-15/h1-2,5,9-10,15-18H,3-4H2. The molecule has 0 radical (unpaired) electrons. The summed E-state index contributed by atoms with van der Waals surface area (Å²) in [6, 6.07) is 2.04. The van der Waals surface area contributed by atoms with E-state index in [0.29, 0.717) is 12.1 Å². The van der Waals surface area contributed by atoms with Gasteiger partial charge < -0.3 is 20.4 Å². The Morgan fingerprint density at radius 3 is 2.28 bits per heavy atom.